The van der Waals surface area contributed by atoms with Crippen LogP contribution < -0.4 is 0 Å². The highest BCUT2D eigenvalue weighted by molar-refractivity contribution is 8.16. The van der Waals surface area contributed by atoms with Crippen molar-refractivity contribution in [2.75, 3.05) is 13.3 Å². The lowest BCUT2D eigenvalue weighted by atomic mass is 10.4. The molecule has 4 heteroatoms. The van der Waals surface area contributed by atoms with Crippen molar-refractivity contribution in [1.29, 1.82) is 0 Å². The molecule has 0 aromatic rings. The molecule has 0 fully saturated rings. The van der Waals surface area contributed by atoms with E-state index in [1.165, 1.54) is 18.9 Å². The van der Waals surface area contributed by atoms with E-state index in [1.807, 2.05) is 0 Å². The van der Waals surface area contributed by atoms with Gasteiger partial charge in [-0.2, -0.15) is 0 Å². The summed E-state index contributed by atoms with van der Waals surface area (Å²) in [6, 6.07) is 1.18. The van der Waals surface area contributed by atoms with Crippen molar-refractivity contribution in [3.63, 3.8) is 0 Å². The molecule has 0 saturated carbocycles. The maximum Gasteiger partial charge on any atom is 0.139 e. The van der Waals surface area contributed by atoms with Gasteiger partial charge >= 0.3 is 0 Å². The van der Waals surface area contributed by atoms with Crippen LogP contribution in [0, 0.1) is 0 Å². The number of nitrogens with zero attached hydrogens (tertiary/aromatic N) is 1. The molecule has 0 aromatic carbocycles. The molecule has 10 heavy (non-hydrogen) atoms. The Morgan fingerprint density at radius 1 is 1.60 bits per heavy atom. The van der Waals surface area contributed by atoms with E-state index in [2.05, 4.69) is 11.3 Å². The Morgan fingerprint density at radius 3 is 2.60 bits per heavy atom. The van der Waals surface area contributed by atoms with Crippen molar-refractivity contribution in [2.45, 2.75) is 25.8 Å². The Morgan fingerprint density at radius 2 is 2.20 bits per heavy atom. The zero-order chi connectivity index (χ0) is 8.04. The van der Waals surface area contributed by atoms with Gasteiger partial charge in [-0.3, -0.25) is 4.21 Å². The standard InChI is InChI=1S/C6H17NOSSi/c1-4-5-6-10-9(3,8)7-2/h4-6,10H2,1-3H3/t9-/m0/s1. The van der Waals surface area contributed by atoms with Gasteiger partial charge in [-0.25, -0.2) is 4.36 Å². The number of hydrogen-bond donors (Lipinski definition) is 0. The van der Waals surface area contributed by atoms with Crippen molar-refractivity contribution in [2.24, 2.45) is 4.36 Å². The van der Waals surface area contributed by atoms with Crippen molar-refractivity contribution in [3.8, 4) is 0 Å². The van der Waals surface area contributed by atoms with E-state index in [0.29, 0.717) is 0 Å². The second kappa shape index (κ2) is 4.90. The summed E-state index contributed by atoms with van der Waals surface area (Å²) >= 11 is 0. The predicted octanol–water partition coefficient (Wildman–Crippen LogP) is 1.02. The van der Waals surface area contributed by atoms with Crippen LogP contribution in [0.1, 0.15) is 19.8 Å². The van der Waals surface area contributed by atoms with Gasteiger partial charge in [0.2, 0.25) is 0 Å². The minimum Gasteiger partial charge on any atom is -0.258 e. The number of rotatable bonds is 4. The van der Waals surface area contributed by atoms with E-state index in [9.17, 15) is 4.21 Å². The molecule has 0 amide bonds. The molecule has 0 rings (SSSR count). The second-order valence-electron chi connectivity index (χ2n) is 2.55. The third kappa shape index (κ3) is 4.99. The summed E-state index contributed by atoms with van der Waals surface area (Å²) in [5.74, 6) is 0. The van der Waals surface area contributed by atoms with Crippen molar-refractivity contribution in [1.82, 2.24) is 0 Å². The van der Waals surface area contributed by atoms with Gasteiger partial charge < -0.3 is 0 Å². The normalized spacial score (nSPS) is 17.5. The first kappa shape index (κ1) is 10.2. The largest absolute Gasteiger partial charge is 0.258 e. The first-order valence-corrected chi connectivity index (χ1v) is 8.52. The lowest BCUT2D eigenvalue weighted by molar-refractivity contribution is 0.688. The first-order chi connectivity index (χ1) is 4.62. The molecule has 0 heterocycles. The molecule has 1 atom stereocenters. The molecule has 0 aromatic heterocycles. The van der Waals surface area contributed by atoms with E-state index < -0.39 is 17.8 Å². The molecular weight excluding hydrogens is 162 g/mol. The average molecular weight is 179 g/mol. The predicted molar refractivity (Wildman–Crippen MR) is 50.7 cm³/mol. The molecule has 0 unspecified atom stereocenters. The summed E-state index contributed by atoms with van der Waals surface area (Å²) in [5, 5.41) is 0. The molecule has 0 aliphatic rings. The third-order valence-corrected chi connectivity index (χ3v) is 7.74. The fraction of sp³-hybridized carbons (Fsp3) is 1.00. The monoisotopic (exact) mass is 179 g/mol. The summed E-state index contributed by atoms with van der Waals surface area (Å²) in [7, 11) is -0.421. The first-order valence-electron chi connectivity index (χ1n) is 3.70. The van der Waals surface area contributed by atoms with Gasteiger partial charge in [0.05, 0.1) is 0 Å². The van der Waals surface area contributed by atoms with Crippen molar-refractivity contribution in [3.05, 3.63) is 0 Å². The molecule has 62 valence electrons. The minimum atomic E-state index is -1.68. The Labute approximate surface area is 66.1 Å². The highest BCUT2D eigenvalue weighted by Gasteiger charge is 1.98. The molecule has 0 aliphatic carbocycles. The van der Waals surface area contributed by atoms with Gasteiger partial charge in [0.1, 0.15) is 8.67 Å². The average Bonchev–Trinajstić information content (AvgIpc) is 1.89. The smallest absolute Gasteiger partial charge is 0.139 e. The Bertz CT molecular complexity index is 184. The number of unbranched alkanes of at least 4 members (excludes halogenated alkanes) is 1. The van der Waals surface area contributed by atoms with Gasteiger partial charge in [0, 0.05) is 22.5 Å². The summed E-state index contributed by atoms with van der Waals surface area (Å²) in [6.07, 6.45) is 4.23. The molecule has 0 saturated heterocycles. The second-order valence-corrected chi connectivity index (χ2v) is 10.4. The van der Waals surface area contributed by atoms with E-state index in [-0.39, 0.29) is 0 Å². The lowest BCUT2D eigenvalue weighted by Crippen LogP contribution is -2.06. The molecule has 0 aliphatic heterocycles. The summed E-state index contributed by atoms with van der Waals surface area (Å²) in [6.45, 7) is 2.16. The molecular formula is C6H17NOSSi. The zero-order valence-corrected chi connectivity index (χ0v) is 9.32. The van der Waals surface area contributed by atoms with E-state index >= 15 is 0 Å². The third-order valence-electron chi connectivity index (χ3n) is 1.51. The van der Waals surface area contributed by atoms with Crippen LogP contribution in [-0.4, -0.2) is 26.2 Å². The summed E-state index contributed by atoms with van der Waals surface area (Å²) < 4.78 is 15.2. The summed E-state index contributed by atoms with van der Waals surface area (Å²) in [5.41, 5.74) is 0. The maximum atomic E-state index is 11.3. The van der Waals surface area contributed by atoms with Gasteiger partial charge in [0.25, 0.3) is 0 Å². The van der Waals surface area contributed by atoms with Gasteiger partial charge in [-0.05, 0) is 0 Å². The minimum absolute atomic E-state index is 0.411. The summed E-state index contributed by atoms with van der Waals surface area (Å²) in [4.78, 5) is 0. The van der Waals surface area contributed by atoms with Crippen LogP contribution in [0.4, 0.5) is 0 Å². The van der Waals surface area contributed by atoms with Crippen LogP contribution in [0.15, 0.2) is 4.36 Å². The fourth-order valence-electron chi connectivity index (χ4n) is 0.711. The van der Waals surface area contributed by atoms with Gasteiger partial charge in [-0.15, -0.1) is 0 Å². The van der Waals surface area contributed by atoms with Crippen LogP contribution in [0.5, 0.6) is 0 Å². The molecule has 0 bridgehead atoms. The quantitative estimate of drug-likeness (QED) is 0.468. The van der Waals surface area contributed by atoms with Gasteiger partial charge in [0.15, 0.2) is 0 Å². The van der Waals surface area contributed by atoms with E-state index in [4.69, 9.17) is 0 Å². The Hall–Kier alpha value is 0.167. The highest BCUT2D eigenvalue weighted by atomic mass is 32.4. The topological polar surface area (TPSA) is 29.4 Å². The fourth-order valence-corrected chi connectivity index (χ4v) is 4.90. The van der Waals surface area contributed by atoms with Crippen molar-refractivity contribution < 1.29 is 4.21 Å². The van der Waals surface area contributed by atoms with Gasteiger partial charge in [-0.1, -0.05) is 25.8 Å². The highest BCUT2D eigenvalue weighted by Crippen LogP contribution is 1.97. The van der Waals surface area contributed by atoms with E-state index in [1.54, 1.807) is 13.3 Å². The van der Waals surface area contributed by atoms with Crippen LogP contribution in [-0.2, 0) is 9.18 Å². The van der Waals surface area contributed by atoms with E-state index in [0.717, 1.165) is 0 Å². The maximum absolute atomic E-state index is 11.3. The van der Waals surface area contributed by atoms with Crippen LogP contribution in [0.2, 0.25) is 6.04 Å². The lowest BCUT2D eigenvalue weighted by Gasteiger charge is -1.99. The Kier molecular flexibility index (Phi) is 4.98. The number of hydrogen-bond acceptors (Lipinski definition) is 2. The Balaban J connectivity index is 3.60. The SMILES string of the molecule is CCCC[SiH2][S@](C)(=O)=NC. The van der Waals surface area contributed by atoms with Crippen LogP contribution >= 0.6 is 0 Å². The zero-order valence-electron chi connectivity index (χ0n) is 7.09. The molecule has 0 spiro atoms. The van der Waals surface area contributed by atoms with Crippen LogP contribution in [0.25, 0.3) is 0 Å². The molecule has 2 nitrogen and oxygen atoms in total. The van der Waals surface area contributed by atoms with Crippen molar-refractivity contribution >= 4 is 17.8 Å². The van der Waals surface area contributed by atoms with Crippen LogP contribution in [0.3, 0.4) is 0 Å². The molecule has 0 radical (unpaired) electrons. The molecule has 0 N–H and O–H groups in total.